The van der Waals surface area contributed by atoms with Gasteiger partial charge in [0.1, 0.15) is 11.3 Å². The van der Waals surface area contributed by atoms with Crippen LogP contribution in [0.4, 0.5) is 0 Å². The minimum absolute atomic E-state index is 0.585. The first-order valence-electron chi connectivity index (χ1n) is 5.62. The standard InChI is InChI=1S/C13H16N2O2/c1-3-17-14-9-11-8-7-10-5-4-6-12(16-2)13(10)15-11/h4-8,14H,3,9H2,1-2H3. The van der Waals surface area contributed by atoms with E-state index in [1.165, 1.54) is 0 Å². The second kappa shape index (κ2) is 5.61. The Kier molecular flexibility index (Phi) is 3.90. The molecule has 17 heavy (non-hydrogen) atoms. The number of hydroxylamine groups is 1. The van der Waals surface area contributed by atoms with Crippen molar-refractivity contribution in [1.82, 2.24) is 10.5 Å². The van der Waals surface area contributed by atoms with E-state index in [2.05, 4.69) is 10.5 Å². The minimum Gasteiger partial charge on any atom is -0.494 e. The predicted octanol–water partition coefficient (Wildman–Crippen LogP) is 2.28. The van der Waals surface area contributed by atoms with Crippen molar-refractivity contribution in [2.24, 2.45) is 0 Å². The predicted molar refractivity (Wildman–Crippen MR) is 66.8 cm³/mol. The average molecular weight is 232 g/mol. The summed E-state index contributed by atoms with van der Waals surface area (Å²) in [5.41, 5.74) is 4.66. The molecule has 2 rings (SSSR count). The van der Waals surface area contributed by atoms with Crippen LogP contribution in [-0.2, 0) is 11.4 Å². The molecule has 0 aliphatic heterocycles. The summed E-state index contributed by atoms with van der Waals surface area (Å²) in [6.45, 7) is 3.16. The highest BCUT2D eigenvalue weighted by molar-refractivity contribution is 5.84. The van der Waals surface area contributed by atoms with Gasteiger partial charge in [-0.05, 0) is 19.1 Å². The maximum atomic E-state index is 5.29. The molecule has 0 unspecified atom stereocenters. The van der Waals surface area contributed by atoms with Crippen LogP contribution in [0.25, 0.3) is 10.9 Å². The van der Waals surface area contributed by atoms with Crippen molar-refractivity contribution in [3.05, 3.63) is 36.0 Å². The van der Waals surface area contributed by atoms with E-state index in [1.807, 2.05) is 37.3 Å². The van der Waals surface area contributed by atoms with E-state index in [0.717, 1.165) is 22.3 Å². The topological polar surface area (TPSA) is 43.4 Å². The highest BCUT2D eigenvalue weighted by atomic mass is 16.6. The number of ether oxygens (including phenoxy) is 1. The number of hydrogen-bond acceptors (Lipinski definition) is 4. The first-order valence-corrected chi connectivity index (χ1v) is 5.62. The Balaban J connectivity index is 2.28. The number of fused-ring (bicyclic) bond motifs is 1. The largest absolute Gasteiger partial charge is 0.494 e. The molecule has 0 bridgehead atoms. The average Bonchev–Trinajstić information content (AvgIpc) is 2.38. The first kappa shape index (κ1) is 11.8. The van der Waals surface area contributed by atoms with Crippen LogP contribution in [-0.4, -0.2) is 18.7 Å². The molecule has 4 heteroatoms. The number of pyridine rings is 1. The molecule has 1 N–H and O–H groups in total. The lowest BCUT2D eigenvalue weighted by Gasteiger charge is -2.07. The van der Waals surface area contributed by atoms with Gasteiger partial charge in [0.15, 0.2) is 0 Å². The van der Waals surface area contributed by atoms with Gasteiger partial charge in [0, 0.05) is 5.39 Å². The normalized spacial score (nSPS) is 10.7. The highest BCUT2D eigenvalue weighted by Gasteiger charge is 2.03. The molecule has 2 aromatic rings. The van der Waals surface area contributed by atoms with Crippen LogP contribution in [0.1, 0.15) is 12.6 Å². The summed E-state index contributed by atoms with van der Waals surface area (Å²) < 4.78 is 5.29. The molecular weight excluding hydrogens is 216 g/mol. The fourth-order valence-corrected chi connectivity index (χ4v) is 1.65. The maximum absolute atomic E-state index is 5.29. The molecule has 1 aromatic heterocycles. The van der Waals surface area contributed by atoms with Crippen molar-refractivity contribution in [2.45, 2.75) is 13.5 Å². The smallest absolute Gasteiger partial charge is 0.145 e. The SMILES string of the molecule is CCONCc1ccc2cccc(OC)c2n1. The third-order valence-corrected chi connectivity index (χ3v) is 2.46. The van der Waals surface area contributed by atoms with Gasteiger partial charge in [-0.25, -0.2) is 4.98 Å². The van der Waals surface area contributed by atoms with Gasteiger partial charge in [0.2, 0.25) is 0 Å². The summed E-state index contributed by atoms with van der Waals surface area (Å²) >= 11 is 0. The fraction of sp³-hybridized carbons (Fsp3) is 0.308. The van der Waals surface area contributed by atoms with Gasteiger partial charge in [-0.2, -0.15) is 5.48 Å². The van der Waals surface area contributed by atoms with E-state index in [9.17, 15) is 0 Å². The molecule has 0 saturated heterocycles. The second-order valence-corrected chi connectivity index (χ2v) is 3.59. The molecule has 0 aliphatic carbocycles. The molecule has 90 valence electrons. The number of nitrogens with one attached hydrogen (secondary N) is 1. The molecule has 0 spiro atoms. The summed E-state index contributed by atoms with van der Waals surface area (Å²) in [4.78, 5) is 9.64. The minimum atomic E-state index is 0.585. The molecular formula is C13H16N2O2. The Bertz CT molecular complexity index is 500. The van der Waals surface area contributed by atoms with Gasteiger partial charge in [0.25, 0.3) is 0 Å². The summed E-state index contributed by atoms with van der Waals surface area (Å²) in [6.07, 6.45) is 0. The third kappa shape index (κ3) is 2.72. The molecule has 1 heterocycles. The van der Waals surface area contributed by atoms with E-state index in [4.69, 9.17) is 9.57 Å². The molecule has 0 radical (unpaired) electrons. The number of nitrogens with zero attached hydrogens (tertiary/aromatic N) is 1. The van der Waals surface area contributed by atoms with Crippen LogP contribution >= 0.6 is 0 Å². The van der Waals surface area contributed by atoms with Crippen molar-refractivity contribution in [3.63, 3.8) is 0 Å². The van der Waals surface area contributed by atoms with Crippen LogP contribution in [0.2, 0.25) is 0 Å². The van der Waals surface area contributed by atoms with Crippen molar-refractivity contribution in [3.8, 4) is 5.75 Å². The number of para-hydroxylation sites is 1. The highest BCUT2D eigenvalue weighted by Crippen LogP contribution is 2.23. The molecule has 1 aromatic carbocycles. The number of benzene rings is 1. The van der Waals surface area contributed by atoms with Gasteiger partial charge in [-0.3, -0.25) is 0 Å². The molecule has 0 atom stereocenters. The first-order chi connectivity index (χ1) is 8.35. The number of aromatic nitrogens is 1. The lowest BCUT2D eigenvalue weighted by atomic mass is 10.2. The van der Waals surface area contributed by atoms with Crippen molar-refractivity contribution < 1.29 is 9.57 Å². The summed E-state index contributed by atoms with van der Waals surface area (Å²) in [6, 6.07) is 9.91. The van der Waals surface area contributed by atoms with E-state index in [-0.39, 0.29) is 0 Å². The number of hydrogen-bond donors (Lipinski definition) is 1. The van der Waals surface area contributed by atoms with Crippen molar-refractivity contribution in [1.29, 1.82) is 0 Å². The fourth-order valence-electron chi connectivity index (χ4n) is 1.65. The van der Waals surface area contributed by atoms with Gasteiger partial charge < -0.3 is 9.57 Å². The molecule has 4 nitrogen and oxygen atoms in total. The lowest BCUT2D eigenvalue weighted by molar-refractivity contribution is 0.0457. The zero-order valence-corrected chi connectivity index (χ0v) is 10.1. The van der Waals surface area contributed by atoms with E-state index >= 15 is 0 Å². The van der Waals surface area contributed by atoms with Crippen LogP contribution < -0.4 is 10.2 Å². The van der Waals surface area contributed by atoms with Gasteiger partial charge in [-0.15, -0.1) is 0 Å². The second-order valence-electron chi connectivity index (χ2n) is 3.59. The Morgan fingerprint density at radius 2 is 2.12 bits per heavy atom. The zero-order chi connectivity index (χ0) is 12.1. The van der Waals surface area contributed by atoms with E-state index in [0.29, 0.717) is 13.2 Å². The molecule has 0 aliphatic rings. The monoisotopic (exact) mass is 232 g/mol. The molecule has 0 saturated carbocycles. The van der Waals surface area contributed by atoms with Crippen LogP contribution in [0.15, 0.2) is 30.3 Å². The Morgan fingerprint density at radius 3 is 2.88 bits per heavy atom. The Labute approximate surface area is 101 Å². The van der Waals surface area contributed by atoms with Crippen molar-refractivity contribution in [2.75, 3.05) is 13.7 Å². The summed E-state index contributed by atoms with van der Waals surface area (Å²) in [5.74, 6) is 0.792. The van der Waals surface area contributed by atoms with Gasteiger partial charge in [0.05, 0.1) is 26.0 Å². The third-order valence-electron chi connectivity index (χ3n) is 2.46. The lowest BCUT2D eigenvalue weighted by Crippen LogP contribution is -2.14. The Hall–Kier alpha value is -1.65. The van der Waals surface area contributed by atoms with Crippen LogP contribution in [0, 0.1) is 0 Å². The van der Waals surface area contributed by atoms with Gasteiger partial charge >= 0.3 is 0 Å². The van der Waals surface area contributed by atoms with Gasteiger partial charge in [-0.1, -0.05) is 18.2 Å². The summed E-state index contributed by atoms with van der Waals surface area (Å²) in [7, 11) is 1.65. The van der Waals surface area contributed by atoms with E-state index < -0.39 is 0 Å². The van der Waals surface area contributed by atoms with Crippen molar-refractivity contribution >= 4 is 10.9 Å². The molecule has 0 amide bonds. The van der Waals surface area contributed by atoms with Crippen LogP contribution in [0.5, 0.6) is 5.75 Å². The zero-order valence-electron chi connectivity index (χ0n) is 10.1. The van der Waals surface area contributed by atoms with Crippen LogP contribution in [0.3, 0.4) is 0 Å². The quantitative estimate of drug-likeness (QED) is 0.634. The summed E-state index contributed by atoms with van der Waals surface area (Å²) in [5, 5.41) is 1.07. The maximum Gasteiger partial charge on any atom is 0.145 e. The van der Waals surface area contributed by atoms with E-state index in [1.54, 1.807) is 7.11 Å². The molecule has 0 fully saturated rings. The Morgan fingerprint density at radius 1 is 1.24 bits per heavy atom. The number of rotatable bonds is 5. The number of methoxy groups -OCH3 is 1.